The number of hydrogen-bond acceptors (Lipinski definition) is 5. The minimum Gasteiger partial charge on any atom is -0.466 e. The molecule has 2 amide bonds. The van der Waals surface area contributed by atoms with Crippen LogP contribution in [0.1, 0.15) is 226 Å². The van der Waals surface area contributed by atoms with E-state index in [9.17, 15) is 14.4 Å². The van der Waals surface area contributed by atoms with Gasteiger partial charge in [0.25, 0.3) is 0 Å². The van der Waals surface area contributed by atoms with Gasteiger partial charge in [-0.2, -0.15) is 0 Å². The highest BCUT2D eigenvalue weighted by molar-refractivity contribution is 5.87. The van der Waals surface area contributed by atoms with E-state index < -0.39 is 6.04 Å². The lowest BCUT2D eigenvalue weighted by atomic mass is 9.95. The van der Waals surface area contributed by atoms with Crippen molar-refractivity contribution in [3.63, 3.8) is 0 Å². The maximum atomic E-state index is 13.9. The lowest BCUT2D eigenvalue weighted by molar-refractivity contribution is -0.144. The number of nitrogens with one attached hydrogen (secondary N) is 1. The van der Waals surface area contributed by atoms with E-state index in [1.165, 1.54) is 103 Å². The summed E-state index contributed by atoms with van der Waals surface area (Å²) < 4.78 is 5.55. The van der Waals surface area contributed by atoms with Crippen LogP contribution in [0.4, 0.5) is 0 Å². The van der Waals surface area contributed by atoms with Gasteiger partial charge < -0.3 is 19.9 Å². The van der Waals surface area contributed by atoms with E-state index in [4.69, 9.17) is 4.74 Å². The molecular formula is C47H89N3O4. The molecule has 0 aromatic rings. The SMILES string of the molecule is CCCCCCCC/C=C\CCCCCCCC(=O)N(CCCN(C)C)C(CCCCCOC(=O)CCCCCCCCCC)C(=O)NC1CCCCC1. The molecule has 1 fully saturated rings. The summed E-state index contributed by atoms with van der Waals surface area (Å²) in [5, 5.41) is 3.37. The Morgan fingerprint density at radius 3 is 1.70 bits per heavy atom. The molecule has 1 atom stereocenters. The number of amides is 2. The minimum absolute atomic E-state index is 0.0291. The Kier molecular flexibility index (Phi) is 34.1. The molecule has 1 N–H and O–H groups in total. The zero-order chi connectivity index (χ0) is 39.3. The second kappa shape index (κ2) is 36.7. The average molecular weight is 760 g/mol. The normalized spacial score (nSPS) is 14.2. The fraction of sp³-hybridized carbons (Fsp3) is 0.894. The first-order chi connectivity index (χ1) is 26.4. The summed E-state index contributed by atoms with van der Waals surface area (Å²) in [6.45, 7) is 6.45. The molecule has 0 heterocycles. The Morgan fingerprint density at radius 1 is 0.611 bits per heavy atom. The molecule has 0 aromatic heterocycles. The molecule has 0 spiro atoms. The second-order valence-electron chi connectivity index (χ2n) is 16.7. The Labute approximate surface area is 334 Å². The summed E-state index contributed by atoms with van der Waals surface area (Å²) in [6.07, 6.45) is 41.2. The Bertz CT molecular complexity index is 917. The van der Waals surface area contributed by atoms with Crippen LogP contribution in [0.3, 0.4) is 0 Å². The summed E-state index contributed by atoms with van der Waals surface area (Å²) in [5.74, 6) is 0.0746. The van der Waals surface area contributed by atoms with Gasteiger partial charge in [0.05, 0.1) is 6.61 Å². The predicted molar refractivity (Wildman–Crippen MR) is 230 cm³/mol. The number of nitrogens with zero attached hydrogens (tertiary/aromatic N) is 2. The van der Waals surface area contributed by atoms with Gasteiger partial charge in [0, 0.05) is 25.4 Å². The van der Waals surface area contributed by atoms with Gasteiger partial charge in [-0.25, -0.2) is 0 Å². The molecule has 1 rings (SSSR count). The third kappa shape index (κ3) is 29.4. The molecule has 1 aliphatic rings. The van der Waals surface area contributed by atoms with Crippen molar-refractivity contribution in [2.24, 2.45) is 0 Å². The zero-order valence-corrected chi connectivity index (χ0v) is 36.3. The van der Waals surface area contributed by atoms with Crippen molar-refractivity contribution in [3.8, 4) is 0 Å². The Hall–Kier alpha value is -1.89. The van der Waals surface area contributed by atoms with Crippen molar-refractivity contribution in [1.82, 2.24) is 15.1 Å². The Morgan fingerprint density at radius 2 is 1.13 bits per heavy atom. The van der Waals surface area contributed by atoms with Crippen molar-refractivity contribution in [3.05, 3.63) is 12.2 Å². The summed E-state index contributed by atoms with van der Waals surface area (Å²) in [6, 6.07) is -0.215. The highest BCUT2D eigenvalue weighted by atomic mass is 16.5. The molecule has 1 saturated carbocycles. The molecule has 54 heavy (non-hydrogen) atoms. The van der Waals surface area contributed by atoms with Gasteiger partial charge in [0.15, 0.2) is 0 Å². The van der Waals surface area contributed by atoms with Crippen molar-refractivity contribution >= 4 is 17.8 Å². The number of carbonyl (C=O) groups is 3. The smallest absolute Gasteiger partial charge is 0.305 e. The van der Waals surface area contributed by atoms with Crippen molar-refractivity contribution in [2.45, 2.75) is 238 Å². The van der Waals surface area contributed by atoms with Crippen LogP contribution in [0, 0.1) is 0 Å². The molecule has 0 aromatic carbocycles. The van der Waals surface area contributed by atoms with E-state index in [-0.39, 0.29) is 23.8 Å². The molecule has 1 aliphatic carbocycles. The summed E-state index contributed by atoms with van der Waals surface area (Å²) >= 11 is 0. The van der Waals surface area contributed by atoms with Gasteiger partial charge in [0.1, 0.15) is 6.04 Å². The summed E-state index contributed by atoms with van der Waals surface area (Å²) in [4.78, 5) is 44.1. The summed E-state index contributed by atoms with van der Waals surface area (Å²) in [7, 11) is 4.13. The number of rotatable bonds is 37. The van der Waals surface area contributed by atoms with E-state index in [1.54, 1.807) is 0 Å². The van der Waals surface area contributed by atoms with Crippen molar-refractivity contribution in [1.29, 1.82) is 0 Å². The highest BCUT2D eigenvalue weighted by Gasteiger charge is 2.30. The lowest BCUT2D eigenvalue weighted by Gasteiger charge is -2.33. The van der Waals surface area contributed by atoms with Crippen molar-refractivity contribution in [2.75, 3.05) is 33.8 Å². The van der Waals surface area contributed by atoms with E-state index in [1.807, 2.05) is 4.90 Å². The highest BCUT2D eigenvalue weighted by Crippen LogP contribution is 2.21. The predicted octanol–water partition coefficient (Wildman–Crippen LogP) is 12.3. The second-order valence-corrected chi connectivity index (χ2v) is 16.7. The molecule has 7 heteroatoms. The number of esters is 1. The third-order valence-electron chi connectivity index (χ3n) is 11.2. The average Bonchev–Trinajstić information content (AvgIpc) is 3.16. The summed E-state index contributed by atoms with van der Waals surface area (Å²) in [5.41, 5.74) is 0. The van der Waals surface area contributed by atoms with Gasteiger partial charge in [-0.1, -0.05) is 148 Å². The monoisotopic (exact) mass is 760 g/mol. The zero-order valence-electron chi connectivity index (χ0n) is 36.3. The third-order valence-corrected chi connectivity index (χ3v) is 11.2. The van der Waals surface area contributed by atoms with Crippen LogP contribution in [0.15, 0.2) is 12.2 Å². The lowest BCUT2D eigenvalue weighted by Crippen LogP contribution is -2.52. The van der Waals surface area contributed by atoms with Gasteiger partial charge in [-0.3, -0.25) is 14.4 Å². The molecule has 7 nitrogen and oxygen atoms in total. The fourth-order valence-corrected chi connectivity index (χ4v) is 7.75. The number of unbranched alkanes of at least 4 members (excludes halogenated alkanes) is 20. The van der Waals surface area contributed by atoms with Crippen molar-refractivity contribution < 1.29 is 19.1 Å². The molecule has 316 valence electrons. The number of carbonyl (C=O) groups excluding carboxylic acids is 3. The molecule has 0 saturated heterocycles. The van der Waals surface area contributed by atoms with Crippen LogP contribution in [0.25, 0.3) is 0 Å². The van der Waals surface area contributed by atoms with E-state index in [0.717, 1.165) is 96.4 Å². The number of allylic oxidation sites excluding steroid dienone is 2. The van der Waals surface area contributed by atoms with Gasteiger partial charge in [0.2, 0.25) is 11.8 Å². The molecule has 0 bridgehead atoms. The number of hydrogen-bond donors (Lipinski definition) is 1. The van der Waals surface area contributed by atoms with E-state index in [2.05, 4.69) is 50.3 Å². The molecule has 0 aliphatic heterocycles. The van der Waals surface area contributed by atoms with Gasteiger partial charge >= 0.3 is 5.97 Å². The maximum absolute atomic E-state index is 13.9. The molecular weight excluding hydrogens is 671 g/mol. The van der Waals surface area contributed by atoms with Crippen LogP contribution in [0.2, 0.25) is 0 Å². The molecule has 0 radical (unpaired) electrons. The number of ether oxygens (including phenoxy) is 1. The largest absolute Gasteiger partial charge is 0.466 e. The van der Waals surface area contributed by atoms with Crippen LogP contribution in [-0.4, -0.2) is 73.5 Å². The van der Waals surface area contributed by atoms with Crippen LogP contribution in [-0.2, 0) is 19.1 Å². The van der Waals surface area contributed by atoms with E-state index in [0.29, 0.717) is 32.4 Å². The molecule has 1 unspecified atom stereocenters. The minimum atomic E-state index is -0.436. The van der Waals surface area contributed by atoms with Gasteiger partial charge in [-0.15, -0.1) is 0 Å². The first-order valence-electron chi connectivity index (χ1n) is 23.4. The Balaban J connectivity index is 2.54. The van der Waals surface area contributed by atoms with Gasteiger partial charge in [-0.05, 0) is 97.7 Å². The van der Waals surface area contributed by atoms with E-state index >= 15 is 0 Å². The first kappa shape index (κ1) is 50.1. The fourth-order valence-electron chi connectivity index (χ4n) is 7.75. The topological polar surface area (TPSA) is 79.0 Å². The van der Waals surface area contributed by atoms with Crippen LogP contribution >= 0.6 is 0 Å². The van der Waals surface area contributed by atoms with Crippen LogP contribution in [0.5, 0.6) is 0 Å². The quantitative estimate of drug-likeness (QED) is 0.0388. The first-order valence-corrected chi connectivity index (χ1v) is 23.4. The standard InChI is InChI=1S/C47H89N3O4/c1-5-7-9-11-13-15-16-17-18-19-20-21-22-24-31-38-45(51)50(41-34-40-49(3)4)44(47(53)48-43-35-28-26-29-36-43)37-30-27-33-42-54-46(52)39-32-25-23-14-12-10-8-6-2/h17-18,43-44H,5-16,19-42H2,1-4H3,(H,48,53)/b18-17-. The van der Waals surface area contributed by atoms with Crippen LogP contribution < -0.4 is 5.32 Å². The maximum Gasteiger partial charge on any atom is 0.305 e.